The molecule has 0 N–H and O–H groups in total. The second-order valence-corrected chi connectivity index (χ2v) is 14.7. The fourth-order valence-electron chi connectivity index (χ4n) is 6.60. The fourth-order valence-corrected chi connectivity index (χ4v) is 6.60. The van der Waals surface area contributed by atoms with Crippen molar-refractivity contribution in [3.8, 4) is 17.1 Å². The van der Waals surface area contributed by atoms with Gasteiger partial charge in [0, 0.05) is 18.0 Å². The molecule has 0 radical (unpaired) electrons. The second-order valence-electron chi connectivity index (χ2n) is 14.7. The summed E-state index contributed by atoms with van der Waals surface area (Å²) < 4.78 is 51.6. The SMILES string of the molecule is CCCCCCCCCCCCCCc1cnc(-c2ccc(C(=O)Oc3ccc(C(=O)O[C@@H](CCCCCCCCCC)C(F)(F)F)c(C)c3)cc2)nc1. The Kier molecular flexibility index (Phi) is 21.0. The lowest BCUT2D eigenvalue weighted by Crippen LogP contribution is -2.34. The molecule has 9 heteroatoms. The van der Waals surface area contributed by atoms with Crippen molar-refractivity contribution in [2.24, 2.45) is 0 Å². The predicted molar refractivity (Wildman–Crippen MR) is 211 cm³/mol. The van der Waals surface area contributed by atoms with Gasteiger partial charge in [-0.05, 0) is 74.1 Å². The zero-order valence-corrected chi connectivity index (χ0v) is 33.0. The van der Waals surface area contributed by atoms with E-state index in [4.69, 9.17) is 9.47 Å². The highest BCUT2D eigenvalue weighted by molar-refractivity contribution is 5.93. The molecule has 0 spiro atoms. The topological polar surface area (TPSA) is 78.4 Å². The maximum atomic E-state index is 13.7. The standard InChI is InChI=1S/C45H63F3N2O4/c1-4-6-8-10-12-14-15-16-17-18-20-22-24-36-33-49-42(50-34-36)37-26-28-38(29-27-37)43(51)53-39-30-31-40(35(3)32-39)44(52)54-41(45(46,47)48)25-23-21-19-13-11-9-7-5-2/h26-34,41H,4-25H2,1-3H3/t41-/m0/s1. The summed E-state index contributed by atoms with van der Waals surface area (Å²) in [5, 5.41) is 0. The molecule has 3 aromatic rings. The van der Waals surface area contributed by atoms with Gasteiger partial charge in [-0.3, -0.25) is 0 Å². The third-order valence-electron chi connectivity index (χ3n) is 9.97. The molecule has 0 bridgehead atoms. The highest BCUT2D eigenvalue weighted by Gasteiger charge is 2.42. The van der Waals surface area contributed by atoms with Crippen LogP contribution >= 0.6 is 0 Å². The van der Waals surface area contributed by atoms with Gasteiger partial charge < -0.3 is 9.47 Å². The number of nitrogens with zero attached hydrogens (tertiary/aromatic N) is 2. The van der Waals surface area contributed by atoms with Gasteiger partial charge in [-0.25, -0.2) is 19.6 Å². The molecule has 0 aliphatic heterocycles. The van der Waals surface area contributed by atoms with Crippen LogP contribution in [-0.2, 0) is 11.2 Å². The molecule has 0 unspecified atom stereocenters. The monoisotopic (exact) mass is 752 g/mol. The number of hydrogen-bond acceptors (Lipinski definition) is 6. The smallest absolute Gasteiger partial charge is 0.425 e. The number of unbranched alkanes of at least 4 members (excludes halogenated alkanes) is 18. The molecule has 0 saturated carbocycles. The highest BCUT2D eigenvalue weighted by Crippen LogP contribution is 2.29. The third-order valence-corrected chi connectivity index (χ3v) is 9.97. The Morgan fingerprint density at radius 3 is 1.65 bits per heavy atom. The average molecular weight is 753 g/mol. The Balaban J connectivity index is 1.41. The molecule has 2 aromatic carbocycles. The van der Waals surface area contributed by atoms with Crippen LogP contribution in [0.2, 0.25) is 0 Å². The zero-order valence-electron chi connectivity index (χ0n) is 33.0. The quantitative estimate of drug-likeness (QED) is 0.0438. The number of benzene rings is 2. The lowest BCUT2D eigenvalue weighted by molar-refractivity contribution is -0.206. The summed E-state index contributed by atoms with van der Waals surface area (Å²) in [6.45, 7) is 5.96. The summed E-state index contributed by atoms with van der Waals surface area (Å²) >= 11 is 0. The lowest BCUT2D eigenvalue weighted by atomic mass is 10.0. The van der Waals surface area contributed by atoms with Gasteiger partial charge in [0.15, 0.2) is 11.9 Å². The van der Waals surface area contributed by atoms with E-state index in [-0.39, 0.29) is 17.7 Å². The maximum Gasteiger partial charge on any atom is 0.425 e. The first-order chi connectivity index (χ1) is 26.1. The van der Waals surface area contributed by atoms with Crippen molar-refractivity contribution >= 4 is 11.9 Å². The van der Waals surface area contributed by atoms with Gasteiger partial charge in [0.2, 0.25) is 0 Å². The molecular weight excluding hydrogens is 689 g/mol. The molecule has 1 aromatic heterocycles. The maximum absolute atomic E-state index is 13.7. The normalized spacial score (nSPS) is 12.1. The minimum Gasteiger partial charge on any atom is -0.449 e. The van der Waals surface area contributed by atoms with E-state index in [1.807, 2.05) is 12.4 Å². The van der Waals surface area contributed by atoms with E-state index in [9.17, 15) is 22.8 Å². The van der Waals surface area contributed by atoms with Crippen LogP contribution in [0.15, 0.2) is 54.9 Å². The van der Waals surface area contributed by atoms with Gasteiger partial charge in [-0.2, -0.15) is 13.2 Å². The van der Waals surface area contributed by atoms with E-state index in [2.05, 4.69) is 23.8 Å². The van der Waals surface area contributed by atoms with Gasteiger partial charge in [-0.1, -0.05) is 142 Å². The van der Waals surface area contributed by atoms with E-state index in [1.165, 1.54) is 95.2 Å². The molecule has 3 rings (SSSR count). The molecule has 0 fully saturated rings. The number of halogens is 3. The van der Waals surface area contributed by atoms with Crippen molar-refractivity contribution in [2.45, 2.75) is 174 Å². The molecular formula is C45H63F3N2O4. The van der Waals surface area contributed by atoms with Gasteiger partial charge in [0.05, 0.1) is 11.1 Å². The van der Waals surface area contributed by atoms with Gasteiger partial charge in [0.25, 0.3) is 0 Å². The van der Waals surface area contributed by atoms with Crippen molar-refractivity contribution in [3.63, 3.8) is 0 Å². The van der Waals surface area contributed by atoms with Crippen molar-refractivity contribution in [1.82, 2.24) is 9.97 Å². The number of aryl methyl sites for hydroxylation is 2. The van der Waals surface area contributed by atoms with E-state index in [0.29, 0.717) is 29.8 Å². The summed E-state index contributed by atoms with van der Waals surface area (Å²) in [5.74, 6) is -0.937. The number of ether oxygens (including phenoxy) is 2. The van der Waals surface area contributed by atoms with Crippen molar-refractivity contribution in [3.05, 3.63) is 77.1 Å². The van der Waals surface area contributed by atoms with Crippen LogP contribution in [0.1, 0.15) is 181 Å². The summed E-state index contributed by atoms with van der Waals surface area (Å²) in [4.78, 5) is 34.7. The third kappa shape index (κ3) is 17.2. The molecule has 6 nitrogen and oxygen atoms in total. The Bertz CT molecular complexity index is 1490. The molecule has 54 heavy (non-hydrogen) atoms. The van der Waals surface area contributed by atoms with Crippen LogP contribution in [0, 0.1) is 6.92 Å². The Labute approximate surface area is 322 Å². The minimum absolute atomic E-state index is 0.00979. The number of esters is 2. The number of carbonyl (C=O) groups excluding carboxylic acids is 2. The van der Waals surface area contributed by atoms with Crippen LogP contribution < -0.4 is 4.74 Å². The molecule has 1 atom stereocenters. The first-order valence-corrected chi connectivity index (χ1v) is 20.6. The molecule has 298 valence electrons. The molecule has 0 aliphatic carbocycles. The van der Waals surface area contributed by atoms with Gasteiger partial charge in [-0.15, -0.1) is 0 Å². The fraction of sp³-hybridized carbons (Fsp3) is 0.600. The summed E-state index contributed by atoms with van der Waals surface area (Å²) in [5.41, 5.74) is 2.51. The van der Waals surface area contributed by atoms with Gasteiger partial charge >= 0.3 is 18.1 Å². The van der Waals surface area contributed by atoms with Crippen LogP contribution in [0.3, 0.4) is 0 Å². The van der Waals surface area contributed by atoms with Crippen molar-refractivity contribution in [1.29, 1.82) is 0 Å². The minimum atomic E-state index is -4.66. The molecule has 0 aliphatic rings. The summed E-state index contributed by atoms with van der Waals surface area (Å²) in [7, 11) is 0. The Hall–Kier alpha value is -3.75. The number of hydrogen-bond donors (Lipinski definition) is 0. The summed E-state index contributed by atoms with van der Waals surface area (Å²) in [6.07, 6.45) is 20.8. The number of carbonyl (C=O) groups is 2. The Morgan fingerprint density at radius 1 is 0.648 bits per heavy atom. The van der Waals surface area contributed by atoms with Gasteiger partial charge in [0.1, 0.15) is 5.75 Å². The van der Waals surface area contributed by atoms with Crippen LogP contribution in [0.4, 0.5) is 13.2 Å². The van der Waals surface area contributed by atoms with Crippen LogP contribution in [-0.4, -0.2) is 34.2 Å². The molecule has 0 amide bonds. The largest absolute Gasteiger partial charge is 0.449 e. The molecule has 0 saturated heterocycles. The first kappa shape index (κ1) is 44.6. The van der Waals surface area contributed by atoms with E-state index >= 15 is 0 Å². The summed E-state index contributed by atoms with van der Waals surface area (Å²) in [6, 6.07) is 10.9. The lowest BCUT2D eigenvalue weighted by Gasteiger charge is -2.21. The number of aromatic nitrogens is 2. The highest BCUT2D eigenvalue weighted by atomic mass is 19.4. The Morgan fingerprint density at radius 2 is 1.15 bits per heavy atom. The van der Waals surface area contributed by atoms with Crippen LogP contribution in [0.5, 0.6) is 5.75 Å². The molecule has 1 heterocycles. The predicted octanol–water partition coefficient (Wildman–Crippen LogP) is 13.5. The van der Waals surface area contributed by atoms with E-state index in [1.54, 1.807) is 31.2 Å². The zero-order chi connectivity index (χ0) is 39.0. The van der Waals surface area contributed by atoms with Crippen LogP contribution in [0.25, 0.3) is 11.4 Å². The van der Waals surface area contributed by atoms with E-state index < -0.39 is 24.2 Å². The van der Waals surface area contributed by atoms with E-state index in [0.717, 1.165) is 56.1 Å². The number of rotatable bonds is 27. The van der Waals surface area contributed by atoms with Crippen molar-refractivity contribution in [2.75, 3.05) is 0 Å². The second kappa shape index (κ2) is 25.4. The van der Waals surface area contributed by atoms with Crippen molar-refractivity contribution < 1.29 is 32.2 Å². The first-order valence-electron chi connectivity index (χ1n) is 20.6. The number of alkyl halides is 3. The average Bonchev–Trinajstić information content (AvgIpc) is 3.15.